The predicted molar refractivity (Wildman–Crippen MR) is 107 cm³/mol. The molecule has 132 valence electrons. The number of hydrogen-bond acceptors (Lipinski definition) is 4. The van der Waals surface area contributed by atoms with Gasteiger partial charge in [-0.3, -0.25) is 9.79 Å². The lowest BCUT2D eigenvalue weighted by Gasteiger charge is -2.33. The van der Waals surface area contributed by atoms with Crippen molar-refractivity contribution < 1.29 is 9.18 Å². The van der Waals surface area contributed by atoms with Gasteiger partial charge in [0.2, 0.25) is 0 Å². The predicted octanol–water partition coefficient (Wildman–Crippen LogP) is 5.61. The minimum absolute atomic E-state index is 0.0112. The summed E-state index contributed by atoms with van der Waals surface area (Å²) in [5, 5.41) is 2.18. The van der Waals surface area contributed by atoms with Crippen LogP contribution in [0.5, 0.6) is 0 Å². The number of hydrogen-bond donors (Lipinski definition) is 0. The van der Waals surface area contributed by atoms with Crippen molar-refractivity contribution in [3.05, 3.63) is 58.4 Å². The summed E-state index contributed by atoms with van der Waals surface area (Å²) < 4.78 is 14.5. The van der Waals surface area contributed by atoms with Crippen molar-refractivity contribution in [2.75, 3.05) is 5.75 Å². The van der Waals surface area contributed by atoms with Gasteiger partial charge < -0.3 is 0 Å². The van der Waals surface area contributed by atoms with Gasteiger partial charge in [-0.1, -0.05) is 12.1 Å². The molecule has 2 atom stereocenters. The Kier molecular flexibility index (Phi) is 4.09. The number of thioether (sulfide) groups is 1. The molecule has 1 aromatic heterocycles. The molecule has 0 radical (unpaired) electrons. The maximum Gasteiger partial charge on any atom is 0.161 e. The van der Waals surface area contributed by atoms with Gasteiger partial charge in [0.15, 0.2) is 5.78 Å². The van der Waals surface area contributed by atoms with Crippen LogP contribution in [0.25, 0.3) is 10.4 Å². The average Bonchev–Trinajstić information content (AvgIpc) is 3.32. The lowest BCUT2D eigenvalue weighted by atomic mass is 9.76. The Morgan fingerprint density at radius 1 is 1.15 bits per heavy atom. The van der Waals surface area contributed by atoms with Gasteiger partial charge in [0, 0.05) is 39.8 Å². The number of thiophene rings is 1. The van der Waals surface area contributed by atoms with E-state index in [2.05, 4.69) is 0 Å². The Balaban J connectivity index is 1.66. The summed E-state index contributed by atoms with van der Waals surface area (Å²) in [6.45, 7) is 0. The van der Waals surface area contributed by atoms with Gasteiger partial charge in [-0.15, -0.1) is 11.3 Å². The molecular weight excluding hydrogens is 365 g/mol. The molecule has 3 heterocycles. The molecule has 0 spiro atoms. The fourth-order valence-electron chi connectivity index (χ4n) is 4.28. The number of rotatable bonds is 2. The fourth-order valence-corrected chi connectivity index (χ4v) is 6.45. The van der Waals surface area contributed by atoms with Crippen LogP contribution >= 0.6 is 23.1 Å². The van der Waals surface area contributed by atoms with Crippen LogP contribution in [0, 0.1) is 5.82 Å². The zero-order valence-electron chi connectivity index (χ0n) is 14.2. The Morgan fingerprint density at radius 2 is 2.08 bits per heavy atom. The summed E-state index contributed by atoms with van der Waals surface area (Å²) in [4.78, 5) is 18.6. The summed E-state index contributed by atoms with van der Waals surface area (Å²) in [6.07, 6.45) is 3.38. The molecule has 2 aromatic rings. The molecule has 5 heteroatoms. The number of Topliss-reactive ketones (excluding diaryl/α,β-unsaturated/α-hetero) is 1. The highest BCUT2D eigenvalue weighted by molar-refractivity contribution is 8.01. The first kappa shape index (κ1) is 16.5. The van der Waals surface area contributed by atoms with E-state index in [1.54, 1.807) is 17.4 Å². The van der Waals surface area contributed by atoms with Crippen LogP contribution in [0.4, 0.5) is 4.39 Å². The summed E-state index contributed by atoms with van der Waals surface area (Å²) in [5.41, 5.74) is 4.78. The van der Waals surface area contributed by atoms with Gasteiger partial charge in [-0.25, -0.2) is 4.39 Å². The van der Waals surface area contributed by atoms with E-state index in [-0.39, 0.29) is 22.8 Å². The van der Waals surface area contributed by atoms with Crippen LogP contribution in [0.1, 0.15) is 37.2 Å². The first-order valence-electron chi connectivity index (χ1n) is 9.01. The number of carbonyl (C=O) groups excluding carboxylic acids is 1. The van der Waals surface area contributed by atoms with Gasteiger partial charge in [0.25, 0.3) is 0 Å². The van der Waals surface area contributed by atoms with Gasteiger partial charge >= 0.3 is 0 Å². The van der Waals surface area contributed by atoms with E-state index < -0.39 is 0 Å². The van der Waals surface area contributed by atoms with Crippen LogP contribution in [0.15, 0.2) is 52.0 Å². The van der Waals surface area contributed by atoms with Crippen molar-refractivity contribution in [3.8, 4) is 10.4 Å². The summed E-state index contributed by atoms with van der Waals surface area (Å²) >= 11 is 3.43. The third-order valence-corrected chi connectivity index (χ3v) is 7.69. The number of ketones is 1. The average molecular weight is 384 g/mol. The van der Waals surface area contributed by atoms with Crippen LogP contribution < -0.4 is 0 Å². The Morgan fingerprint density at radius 3 is 2.92 bits per heavy atom. The lowest BCUT2D eigenvalue weighted by Crippen LogP contribution is -2.32. The highest BCUT2D eigenvalue weighted by atomic mass is 32.2. The van der Waals surface area contributed by atoms with Gasteiger partial charge in [0.1, 0.15) is 5.82 Å². The highest BCUT2D eigenvalue weighted by Gasteiger charge is 2.42. The summed E-state index contributed by atoms with van der Waals surface area (Å²) in [7, 11) is 0. The third-order valence-electron chi connectivity index (χ3n) is 5.44. The second-order valence-electron chi connectivity index (χ2n) is 6.98. The smallest absolute Gasteiger partial charge is 0.161 e. The number of allylic oxidation sites excluding steroid dienone is 2. The van der Waals surface area contributed by atoms with Crippen LogP contribution in [-0.2, 0) is 4.79 Å². The number of halogens is 1. The molecule has 1 aromatic carbocycles. The first-order chi connectivity index (χ1) is 12.7. The molecular formula is C21H18FNOS2. The number of benzene rings is 1. The number of nitrogens with zero attached hydrogens (tertiary/aromatic N) is 1. The van der Waals surface area contributed by atoms with E-state index in [9.17, 15) is 9.18 Å². The minimum atomic E-state index is -0.204. The van der Waals surface area contributed by atoms with Crippen molar-refractivity contribution in [1.29, 1.82) is 0 Å². The van der Waals surface area contributed by atoms with Crippen LogP contribution in [0.3, 0.4) is 0 Å². The molecule has 0 bridgehead atoms. The van der Waals surface area contributed by atoms with Crippen molar-refractivity contribution in [2.24, 2.45) is 4.99 Å². The van der Waals surface area contributed by atoms with Crippen molar-refractivity contribution in [3.63, 3.8) is 0 Å². The Bertz CT molecular complexity index is 945. The van der Waals surface area contributed by atoms with Crippen LogP contribution in [-0.4, -0.2) is 22.5 Å². The van der Waals surface area contributed by atoms with Crippen LogP contribution in [0.2, 0.25) is 0 Å². The van der Waals surface area contributed by atoms with E-state index in [0.717, 1.165) is 46.7 Å². The Hall–Kier alpha value is -1.72. The maximum atomic E-state index is 14.5. The van der Waals surface area contributed by atoms with E-state index in [1.165, 1.54) is 5.71 Å². The van der Waals surface area contributed by atoms with E-state index in [1.807, 2.05) is 41.4 Å². The quantitative estimate of drug-likeness (QED) is 0.675. The largest absolute Gasteiger partial charge is 0.294 e. The summed E-state index contributed by atoms with van der Waals surface area (Å²) in [6, 6.07) is 9.27. The number of fused-ring (bicyclic) bond motifs is 1. The topological polar surface area (TPSA) is 29.4 Å². The molecule has 0 amide bonds. The normalized spacial score (nSPS) is 25.1. The highest BCUT2D eigenvalue weighted by Crippen LogP contribution is 2.48. The standard InChI is InChI=1S/C21H18FNOS2/c22-14-7-6-12(11-13(14)18-5-2-9-25-18)19-20-15(3-1-4-17(20)24)23-16-8-10-26-21(16)19/h2,5-7,9,11,19,21H,1,3-4,8,10H2. The zero-order valence-corrected chi connectivity index (χ0v) is 15.8. The monoisotopic (exact) mass is 383 g/mol. The molecule has 5 rings (SSSR count). The molecule has 3 aliphatic rings. The second kappa shape index (κ2) is 6.46. The molecule has 26 heavy (non-hydrogen) atoms. The van der Waals surface area contributed by atoms with Crippen molar-refractivity contribution in [2.45, 2.75) is 36.9 Å². The zero-order chi connectivity index (χ0) is 17.7. The SMILES string of the molecule is O=C1CCCC2=C1C(c1ccc(F)c(-c3cccs3)c1)C1SCCC1=N2. The fraction of sp³-hybridized carbons (Fsp3) is 0.333. The molecule has 0 saturated carbocycles. The molecule has 1 saturated heterocycles. The molecule has 1 fully saturated rings. The third kappa shape index (κ3) is 2.60. The maximum absolute atomic E-state index is 14.5. The van der Waals surface area contributed by atoms with Crippen molar-refractivity contribution in [1.82, 2.24) is 0 Å². The molecule has 2 unspecified atom stereocenters. The van der Waals surface area contributed by atoms with Gasteiger partial charge in [-0.2, -0.15) is 11.8 Å². The molecule has 1 aliphatic carbocycles. The second-order valence-corrected chi connectivity index (χ2v) is 9.17. The minimum Gasteiger partial charge on any atom is -0.294 e. The molecule has 2 nitrogen and oxygen atoms in total. The van der Waals surface area contributed by atoms with E-state index in [0.29, 0.717) is 12.0 Å². The molecule has 2 aliphatic heterocycles. The summed E-state index contributed by atoms with van der Waals surface area (Å²) in [5.74, 6) is 1.09. The Labute approximate surface area is 160 Å². The first-order valence-corrected chi connectivity index (χ1v) is 10.9. The molecule has 0 N–H and O–H groups in total. The van der Waals surface area contributed by atoms with E-state index >= 15 is 0 Å². The van der Waals surface area contributed by atoms with Gasteiger partial charge in [-0.05, 0) is 54.2 Å². The lowest BCUT2D eigenvalue weighted by molar-refractivity contribution is -0.116. The number of aliphatic imine (C=N–C) groups is 1. The van der Waals surface area contributed by atoms with Gasteiger partial charge in [0.05, 0.1) is 5.25 Å². The number of carbonyl (C=O) groups is 1. The van der Waals surface area contributed by atoms with E-state index in [4.69, 9.17) is 4.99 Å². The van der Waals surface area contributed by atoms with Crippen molar-refractivity contribution >= 4 is 34.6 Å².